The molecule has 0 radical (unpaired) electrons. The Bertz CT molecular complexity index is 1240. The summed E-state index contributed by atoms with van der Waals surface area (Å²) in [6.07, 6.45) is 5.11. The van der Waals surface area contributed by atoms with Crippen LogP contribution in [-0.2, 0) is 19.2 Å². The zero-order valence-electron chi connectivity index (χ0n) is 20.3. The number of anilines is 2. The molecule has 2 aromatic carbocycles. The van der Waals surface area contributed by atoms with E-state index in [4.69, 9.17) is 9.47 Å². The van der Waals surface area contributed by atoms with Crippen LogP contribution in [0.15, 0.2) is 54.6 Å². The molecule has 8 nitrogen and oxygen atoms in total. The highest BCUT2D eigenvalue weighted by Gasteiger charge is 2.48. The maximum atomic E-state index is 12.9. The van der Waals surface area contributed by atoms with Gasteiger partial charge in [0, 0.05) is 13.0 Å². The standard InChI is InChI=1S/C28H28N2O6/c1-3-35-24-11-7-6-10-23(24)29-16-18(15-25(29)31)28(34)36-19-12-13-22(17(2)14-19)30-26(32)20-8-4-5-9-21(20)27(30)33/h4-7,10-14,18,20-21H,3,8-9,15-16H2,1-2H3/t18-,20-,21-/m1/s1. The quantitative estimate of drug-likeness (QED) is 0.266. The van der Waals surface area contributed by atoms with Crippen molar-refractivity contribution < 1.29 is 28.7 Å². The Morgan fingerprint density at radius 3 is 2.33 bits per heavy atom. The first kappa shape index (κ1) is 23.8. The monoisotopic (exact) mass is 488 g/mol. The SMILES string of the molecule is CCOc1ccccc1N1C[C@H](C(=O)Oc2ccc(N3C(=O)[C@@H]4CC=CC[C@H]4C3=O)c(C)c2)CC1=O. The second-order valence-corrected chi connectivity index (χ2v) is 9.34. The number of para-hydroxylation sites is 2. The Morgan fingerprint density at radius 2 is 1.67 bits per heavy atom. The average Bonchev–Trinajstić information content (AvgIpc) is 3.38. The van der Waals surface area contributed by atoms with Gasteiger partial charge >= 0.3 is 5.97 Å². The molecule has 8 heteroatoms. The predicted molar refractivity (Wildman–Crippen MR) is 133 cm³/mol. The summed E-state index contributed by atoms with van der Waals surface area (Å²) in [4.78, 5) is 54.3. The van der Waals surface area contributed by atoms with Crippen molar-refractivity contribution in [3.8, 4) is 11.5 Å². The van der Waals surface area contributed by atoms with Gasteiger partial charge in [-0.2, -0.15) is 0 Å². The van der Waals surface area contributed by atoms with Crippen molar-refractivity contribution in [2.45, 2.75) is 33.1 Å². The van der Waals surface area contributed by atoms with Crippen molar-refractivity contribution in [1.82, 2.24) is 0 Å². The van der Waals surface area contributed by atoms with Crippen molar-refractivity contribution in [3.63, 3.8) is 0 Å². The van der Waals surface area contributed by atoms with Crippen molar-refractivity contribution >= 4 is 35.1 Å². The van der Waals surface area contributed by atoms with Gasteiger partial charge in [-0.15, -0.1) is 0 Å². The fourth-order valence-electron chi connectivity index (χ4n) is 5.24. The van der Waals surface area contributed by atoms with Crippen LogP contribution in [0.5, 0.6) is 11.5 Å². The number of hydrogen-bond acceptors (Lipinski definition) is 6. The van der Waals surface area contributed by atoms with Crippen LogP contribution in [0.2, 0.25) is 0 Å². The number of nitrogens with zero attached hydrogens (tertiary/aromatic N) is 2. The van der Waals surface area contributed by atoms with E-state index in [1.807, 2.05) is 31.2 Å². The number of allylic oxidation sites excluding steroid dienone is 2. The molecule has 3 aliphatic rings. The minimum Gasteiger partial charge on any atom is -0.492 e. The van der Waals surface area contributed by atoms with Gasteiger partial charge in [-0.25, -0.2) is 4.90 Å². The van der Waals surface area contributed by atoms with Crippen molar-refractivity contribution in [3.05, 3.63) is 60.2 Å². The normalized spacial score (nSPS) is 23.3. The van der Waals surface area contributed by atoms with Crippen molar-refractivity contribution in [2.75, 3.05) is 23.0 Å². The molecule has 0 N–H and O–H groups in total. The first-order valence-electron chi connectivity index (χ1n) is 12.3. The lowest BCUT2D eigenvalue weighted by Crippen LogP contribution is -2.31. The third-order valence-electron chi connectivity index (χ3n) is 7.05. The van der Waals surface area contributed by atoms with Crippen LogP contribution in [0.1, 0.15) is 31.7 Å². The summed E-state index contributed by atoms with van der Waals surface area (Å²) in [5.41, 5.74) is 1.80. The number of benzene rings is 2. The lowest BCUT2D eigenvalue weighted by molar-refractivity contribution is -0.139. The van der Waals surface area contributed by atoms with E-state index in [1.165, 1.54) is 4.90 Å². The Morgan fingerprint density at radius 1 is 0.972 bits per heavy atom. The van der Waals surface area contributed by atoms with Gasteiger partial charge in [0.2, 0.25) is 17.7 Å². The van der Waals surface area contributed by atoms with Gasteiger partial charge in [0.15, 0.2) is 0 Å². The van der Waals surface area contributed by atoms with Crippen LogP contribution in [0.4, 0.5) is 11.4 Å². The number of esters is 1. The van der Waals surface area contributed by atoms with E-state index in [1.54, 1.807) is 42.2 Å². The number of hydrogen-bond donors (Lipinski definition) is 0. The third-order valence-corrected chi connectivity index (χ3v) is 7.05. The summed E-state index contributed by atoms with van der Waals surface area (Å²) in [6.45, 7) is 4.31. The number of imide groups is 1. The van der Waals surface area contributed by atoms with E-state index in [0.29, 0.717) is 47.9 Å². The summed E-state index contributed by atoms with van der Waals surface area (Å²) < 4.78 is 11.2. The summed E-state index contributed by atoms with van der Waals surface area (Å²) in [7, 11) is 0. The molecule has 0 unspecified atom stereocenters. The highest BCUT2D eigenvalue weighted by atomic mass is 16.5. The van der Waals surface area contributed by atoms with Crippen LogP contribution in [0, 0.1) is 24.7 Å². The summed E-state index contributed by atoms with van der Waals surface area (Å²) >= 11 is 0. The molecule has 186 valence electrons. The first-order chi connectivity index (χ1) is 17.4. The molecule has 0 spiro atoms. The fraction of sp³-hybridized carbons (Fsp3) is 0.357. The molecule has 5 rings (SSSR count). The number of rotatable bonds is 6. The Hall–Kier alpha value is -3.94. The summed E-state index contributed by atoms with van der Waals surface area (Å²) in [5.74, 6) is -1.38. The van der Waals surface area contributed by atoms with Gasteiger partial charge in [0.1, 0.15) is 11.5 Å². The fourth-order valence-corrected chi connectivity index (χ4v) is 5.24. The van der Waals surface area contributed by atoms with Gasteiger partial charge in [-0.1, -0.05) is 24.3 Å². The molecular weight excluding hydrogens is 460 g/mol. The van der Waals surface area contributed by atoms with Gasteiger partial charge in [-0.05, 0) is 62.6 Å². The minimum atomic E-state index is -0.621. The number of amides is 3. The topological polar surface area (TPSA) is 93.2 Å². The molecule has 0 saturated carbocycles. The van der Waals surface area contributed by atoms with Crippen molar-refractivity contribution in [2.24, 2.45) is 17.8 Å². The number of fused-ring (bicyclic) bond motifs is 1. The van der Waals surface area contributed by atoms with Crippen molar-refractivity contribution in [1.29, 1.82) is 0 Å². The highest BCUT2D eigenvalue weighted by Crippen LogP contribution is 2.39. The van der Waals surface area contributed by atoms with E-state index in [9.17, 15) is 19.2 Å². The average molecular weight is 489 g/mol. The molecule has 2 heterocycles. The van der Waals surface area contributed by atoms with E-state index in [0.717, 1.165) is 0 Å². The Labute approximate surface area is 209 Å². The lowest BCUT2D eigenvalue weighted by atomic mass is 9.85. The predicted octanol–water partition coefficient (Wildman–Crippen LogP) is 3.81. The van der Waals surface area contributed by atoms with Gasteiger partial charge in [0.05, 0.1) is 35.7 Å². The van der Waals surface area contributed by atoms with Crippen LogP contribution in [0.3, 0.4) is 0 Å². The van der Waals surface area contributed by atoms with E-state index >= 15 is 0 Å². The summed E-state index contributed by atoms with van der Waals surface area (Å²) in [5, 5.41) is 0. The zero-order valence-corrected chi connectivity index (χ0v) is 20.3. The number of carbonyl (C=O) groups is 4. The second kappa shape index (κ2) is 9.60. The van der Waals surface area contributed by atoms with Crippen LogP contribution >= 0.6 is 0 Å². The van der Waals surface area contributed by atoms with Gasteiger partial charge < -0.3 is 14.4 Å². The second-order valence-electron chi connectivity index (χ2n) is 9.34. The van der Waals surface area contributed by atoms with E-state index in [2.05, 4.69) is 0 Å². The third kappa shape index (κ3) is 4.17. The number of carbonyl (C=O) groups excluding carboxylic acids is 4. The molecule has 0 bridgehead atoms. The zero-order chi connectivity index (χ0) is 25.4. The summed E-state index contributed by atoms with van der Waals surface area (Å²) in [6, 6.07) is 12.1. The maximum Gasteiger partial charge on any atom is 0.316 e. The number of ether oxygens (including phenoxy) is 2. The molecular formula is C28H28N2O6. The molecule has 2 saturated heterocycles. The molecule has 0 aromatic heterocycles. The molecule has 36 heavy (non-hydrogen) atoms. The smallest absolute Gasteiger partial charge is 0.316 e. The largest absolute Gasteiger partial charge is 0.492 e. The minimum absolute atomic E-state index is 0.0456. The first-order valence-corrected chi connectivity index (χ1v) is 12.3. The Kier molecular flexibility index (Phi) is 6.35. The molecule has 2 aromatic rings. The van der Waals surface area contributed by atoms with E-state index in [-0.39, 0.29) is 42.5 Å². The molecule has 3 amide bonds. The maximum absolute atomic E-state index is 12.9. The van der Waals surface area contributed by atoms with E-state index < -0.39 is 11.9 Å². The molecule has 2 fully saturated rings. The van der Waals surface area contributed by atoms with Gasteiger partial charge in [-0.3, -0.25) is 19.2 Å². The Balaban J connectivity index is 1.28. The van der Waals surface area contributed by atoms with Gasteiger partial charge in [0.25, 0.3) is 0 Å². The lowest BCUT2D eigenvalue weighted by Gasteiger charge is -2.20. The molecule has 1 aliphatic carbocycles. The van der Waals surface area contributed by atoms with Crippen LogP contribution in [-0.4, -0.2) is 36.8 Å². The molecule has 2 aliphatic heterocycles. The van der Waals surface area contributed by atoms with Crippen LogP contribution < -0.4 is 19.3 Å². The molecule has 3 atom stereocenters. The van der Waals surface area contributed by atoms with Crippen LogP contribution in [0.25, 0.3) is 0 Å². The highest BCUT2D eigenvalue weighted by molar-refractivity contribution is 6.22. The number of aryl methyl sites for hydroxylation is 1.